The van der Waals surface area contributed by atoms with Gasteiger partial charge in [0.15, 0.2) is 5.82 Å². The van der Waals surface area contributed by atoms with Crippen molar-refractivity contribution in [3.05, 3.63) is 62.8 Å². The topological polar surface area (TPSA) is 129 Å². The molecule has 1 amide bonds. The molecule has 0 radical (unpaired) electrons. The molecule has 1 aliphatic rings. The number of hydrogen-bond donors (Lipinski definition) is 0. The van der Waals surface area contributed by atoms with Gasteiger partial charge in [-0.3, -0.25) is 14.3 Å². The fraction of sp³-hybridized carbons (Fsp3) is 0.316. The third-order valence-corrected chi connectivity index (χ3v) is 5.31. The summed E-state index contributed by atoms with van der Waals surface area (Å²) in [4.78, 5) is 40.4. The molecule has 0 unspecified atom stereocenters. The summed E-state index contributed by atoms with van der Waals surface area (Å²) >= 11 is 5.92. The van der Waals surface area contributed by atoms with Gasteiger partial charge < -0.3 is 15.0 Å². The number of carbonyl (C=O) groups is 2. The normalized spacial score (nSPS) is 13.2. The number of unbranched alkanes of at least 4 members (excludes halogenated alkanes) is 1. The number of nitrogens with zero attached hydrogens (tertiary/aromatic N) is 7. The van der Waals surface area contributed by atoms with Crippen LogP contribution in [-0.4, -0.2) is 47.7 Å². The van der Waals surface area contributed by atoms with Crippen LogP contribution in [0.25, 0.3) is 0 Å². The van der Waals surface area contributed by atoms with Crippen LogP contribution in [0.5, 0.6) is 0 Å². The SMILES string of the molecule is Cc1ncc([N+](=O)[O-])n1Cc1cn(CCCCN2C(=O)C(=O)c3cc(Cl)ccc32)nn1. The number of aryl methyl sites for hydroxylation is 2. The second kappa shape index (κ2) is 8.26. The molecule has 0 saturated carbocycles. The van der Waals surface area contributed by atoms with Gasteiger partial charge in [-0.1, -0.05) is 16.8 Å². The van der Waals surface area contributed by atoms with E-state index in [1.54, 1.807) is 29.9 Å². The molecule has 0 N–H and O–H groups in total. The van der Waals surface area contributed by atoms with Crippen molar-refractivity contribution in [3.63, 3.8) is 0 Å². The molecule has 0 aliphatic carbocycles. The second-order valence-corrected chi connectivity index (χ2v) is 7.57. The molecule has 3 heterocycles. The number of Topliss-reactive ketones (excluding diaryl/α,β-unsaturated/α-hetero) is 1. The first-order valence-corrected chi connectivity index (χ1v) is 9.94. The molecule has 160 valence electrons. The lowest BCUT2D eigenvalue weighted by Crippen LogP contribution is -2.30. The van der Waals surface area contributed by atoms with E-state index in [1.165, 1.54) is 21.7 Å². The molecule has 3 aromatic rings. The van der Waals surface area contributed by atoms with E-state index < -0.39 is 16.6 Å². The van der Waals surface area contributed by atoms with Crippen molar-refractivity contribution < 1.29 is 14.5 Å². The Hall–Kier alpha value is -3.60. The Bertz CT molecular complexity index is 1190. The standard InChI is InChI=1S/C19H18ClN7O4/c1-12-21-9-17(27(30)31)26(12)11-14-10-24(23-22-14)6-2-3-7-25-16-5-4-13(20)8-15(16)18(28)19(25)29/h4-5,8-10H,2-3,6-7,11H2,1H3. The maximum Gasteiger partial charge on any atom is 0.343 e. The van der Waals surface area contributed by atoms with Crippen LogP contribution in [0.15, 0.2) is 30.6 Å². The summed E-state index contributed by atoms with van der Waals surface area (Å²) in [5, 5.41) is 19.6. The summed E-state index contributed by atoms with van der Waals surface area (Å²) in [6.07, 6.45) is 4.30. The summed E-state index contributed by atoms with van der Waals surface area (Å²) < 4.78 is 3.12. The van der Waals surface area contributed by atoms with Crippen LogP contribution in [-0.2, 0) is 17.9 Å². The van der Waals surface area contributed by atoms with Gasteiger partial charge in [0, 0.05) is 25.0 Å². The van der Waals surface area contributed by atoms with Crippen LogP contribution in [0.4, 0.5) is 11.5 Å². The Labute approximate surface area is 181 Å². The number of nitro groups is 1. The minimum absolute atomic E-state index is 0.0987. The van der Waals surface area contributed by atoms with Gasteiger partial charge >= 0.3 is 5.82 Å². The fourth-order valence-electron chi connectivity index (χ4n) is 3.52. The first-order chi connectivity index (χ1) is 14.8. The molecule has 0 atom stereocenters. The molecule has 2 aromatic heterocycles. The number of amides is 1. The zero-order valence-electron chi connectivity index (χ0n) is 16.6. The highest BCUT2D eigenvalue weighted by atomic mass is 35.5. The molecular weight excluding hydrogens is 426 g/mol. The maximum atomic E-state index is 12.2. The van der Waals surface area contributed by atoms with Crippen molar-refractivity contribution in [2.75, 3.05) is 11.4 Å². The lowest BCUT2D eigenvalue weighted by atomic mass is 10.1. The Morgan fingerprint density at radius 3 is 2.74 bits per heavy atom. The minimum atomic E-state index is -0.544. The maximum absolute atomic E-state index is 12.2. The predicted molar refractivity (Wildman–Crippen MR) is 110 cm³/mol. The number of benzene rings is 1. The van der Waals surface area contributed by atoms with Crippen molar-refractivity contribution >= 4 is 34.8 Å². The van der Waals surface area contributed by atoms with Crippen LogP contribution >= 0.6 is 11.6 Å². The molecule has 11 nitrogen and oxygen atoms in total. The number of aromatic nitrogens is 5. The van der Waals surface area contributed by atoms with Crippen LogP contribution in [0.2, 0.25) is 5.02 Å². The average molecular weight is 444 g/mol. The Kier molecular flexibility index (Phi) is 5.51. The predicted octanol–water partition coefficient (Wildman–Crippen LogP) is 2.40. The molecule has 0 bridgehead atoms. The number of hydrogen-bond acceptors (Lipinski definition) is 7. The van der Waals surface area contributed by atoms with E-state index in [2.05, 4.69) is 15.3 Å². The van der Waals surface area contributed by atoms with Gasteiger partial charge in [0.25, 0.3) is 11.7 Å². The molecular formula is C19H18ClN7O4. The van der Waals surface area contributed by atoms with E-state index in [1.807, 2.05) is 0 Å². The minimum Gasteiger partial charge on any atom is -0.358 e. The van der Waals surface area contributed by atoms with Gasteiger partial charge in [0.05, 0.1) is 17.4 Å². The van der Waals surface area contributed by atoms with E-state index in [4.69, 9.17) is 11.6 Å². The lowest BCUT2D eigenvalue weighted by Gasteiger charge is -2.16. The van der Waals surface area contributed by atoms with E-state index in [9.17, 15) is 19.7 Å². The number of rotatable bonds is 8. The summed E-state index contributed by atoms with van der Waals surface area (Å²) in [5.74, 6) is -0.661. The summed E-state index contributed by atoms with van der Waals surface area (Å²) in [7, 11) is 0. The van der Waals surface area contributed by atoms with Gasteiger partial charge in [-0.05, 0) is 36.0 Å². The van der Waals surface area contributed by atoms with Crippen molar-refractivity contribution in [1.82, 2.24) is 24.5 Å². The Morgan fingerprint density at radius 1 is 1.19 bits per heavy atom. The number of anilines is 1. The Morgan fingerprint density at radius 2 is 1.97 bits per heavy atom. The lowest BCUT2D eigenvalue weighted by molar-refractivity contribution is -0.392. The van der Waals surface area contributed by atoms with Crippen molar-refractivity contribution in [3.8, 4) is 0 Å². The van der Waals surface area contributed by atoms with E-state index in [0.29, 0.717) is 53.7 Å². The van der Waals surface area contributed by atoms with Crippen LogP contribution in [0.1, 0.15) is 34.7 Å². The number of ketones is 1. The van der Waals surface area contributed by atoms with Crippen molar-refractivity contribution in [2.24, 2.45) is 0 Å². The Balaban J connectivity index is 1.33. The van der Waals surface area contributed by atoms with Crippen LogP contribution in [0, 0.1) is 17.0 Å². The third-order valence-electron chi connectivity index (χ3n) is 5.08. The van der Waals surface area contributed by atoms with Crippen molar-refractivity contribution in [2.45, 2.75) is 32.9 Å². The van der Waals surface area contributed by atoms with E-state index >= 15 is 0 Å². The molecule has 31 heavy (non-hydrogen) atoms. The molecule has 0 saturated heterocycles. The highest BCUT2D eigenvalue weighted by molar-refractivity contribution is 6.52. The molecule has 4 rings (SSSR count). The number of halogens is 1. The van der Waals surface area contributed by atoms with Gasteiger partial charge in [-0.25, -0.2) is 9.55 Å². The zero-order chi connectivity index (χ0) is 22.1. The van der Waals surface area contributed by atoms with E-state index in [-0.39, 0.29) is 12.4 Å². The summed E-state index contributed by atoms with van der Waals surface area (Å²) in [6.45, 7) is 2.85. The molecule has 0 fully saturated rings. The van der Waals surface area contributed by atoms with E-state index in [0.717, 1.165) is 0 Å². The first kappa shape index (κ1) is 20.7. The number of fused-ring (bicyclic) bond motifs is 1. The number of carbonyl (C=O) groups excluding carboxylic acids is 2. The third kappa shape index (κ3) is 4.04. The average Bonchev–Trinajstić information content (AvgIpc) is 3.39. The van der Waals surface area contributed by atoms with Crippen molar-refractivity contribution in [1.29, 1.82) is 0 Å². The first-order valence-electron chi connectivity index (χ1n) is 9.56. The van der Waals surface area contributed by atoms with Gasteiger partial charge in [0.1, 0.15) is 18.4 Å². The monoisotopic (exact) mass is 443 g/mol. The van der Waals surface area contributed by atoms with Crippen LogP contribution in [0.3, 0.4) is 0 Å². The molecule has 12 heteroatoms. The molecule has 1 aliphatic heterocycles. The fourth-order valence-corrected chi connectivity index (χ4v) is 3.69. The number of imidazole rings is 1. The highest BCUT2D eigenvalue weighted by Gasteiger charge is 2.35. The zero-order valence-corrected chi connectivity index (χ0v) is 17.3. The molecule has 1 aromatic carbocycles. The largest absolute Gasteiger partial charge is 0.358 e. The molecule has 0 spiro atoms. The second-order valence-electron chi connectivity index (χ2n) is 7.13. The summed E-state index contributed by atoms with van der Waals surface area (Å²) in [6, 6.07) is 4.85. The highest BCUT2D eigenvalue weighted by Crippen LogP contribution is 2.31. The van der Waals surface area contributed by atoms with Crippen LogP contribution < -0.4 is 4.90 Å². The van der Waals surface area contributed by atoms with Gasteiger partial charge in [-0.15, -0.1) is 5.10 Å². The quantitative estimate of drug-likeness (QED) is 0.226. The smallest absolute Gasteiger partial charge is 0.343 e. The van der Waals surface area contributed by atoms with Gasteiger partial charge in [-0.2, -0.15) is 0 Å². The summed E-state index contributed by atoms with van der Waals surface area (Å²) in [5.41, 5.74) is 1.50. The van der Waals surface area contributed by atoms with Gasteiger partial charge in [0.2, 0.25) is 0 Å².